The van der Waals surface area contributed by atoms with Gasteiger partial charge in [-0.05, 0) is 73.2 Å². The lowest BCUT2D eigenvalue weighted by Gasteiger charge is -2.24. The Balaban J connectivity index is 0.998. The van der Waals surface area contributed by atoms with E-state index in [1.165, 1.54) is 0 Å². The maximum Gasteiger partial charge on any atom is 0.328 e. The maximum atomic E-state index is 14.1. The summed E-state index contributed by atoms with van der Waals surface area (Å²) in [7, 11) is 0. The first-order valence-electron chi connectivity index (χ1n) is 25.3. The lowest BCUT2D eigenvalue weighted by Crippen LogP contribution is -2.39. The van der Waals surface area contributed by atoms with Crippen molar-refractivity contribution in [2.24, 2.45) is 9.98 Å². The average Bonchev–Trinajstić information content (AvgIpc) is 4.10. The molecule has 2 aliphatic rings. The molecule has 2 amide bonds. The molecule has 2 saturated heterocycles. The van der Waals surface area contributed by atoms with Gasteiger partial charge < -0.3 is 20.8 Å². The van der Waals surface area contributed by atoms with Crippen LogP contribution in [0.4, 0.5) is 11.4 Å². The van der Waals surface area contributed by atoms with Gasteiger partial charge in [-0.25, -0.2) is 9.59 Å². The predicted octanol–water partition coefficient (Wildman–Crippen LogP) is 9.96. The van der Waals surface area contributed by atoms with Gasteiger partial charge in [0.05, 0.1) is 34.9 Å². The van der Waals surface area contributed by atoms with Crippen molar-refractivity contribution >= 4 is 46.6 Å². The summed E-state index contributed by atoms with van der Waals surface area (Å²) < 4.78 is 0. The number of hydrogen-bond acceptors (Lipinski definition) is 8. The van der Waals surface area contributed by atoms with Crippen LogP contribution < -0.4 is 10.6 Å². The van der Waals surface area contributed by atoms with E-state index in [1.807, 2.05) is 146 Å². The first-order valence-corrected chi connectivity index (χ1v) is 25.3. The highest BCUT2D eigenvalue weighted by atomic mass is 16.4. The third-order valence-electron chi connectivity index (χ3n) is 13.8. The Kier molecular flexibility index (Phi) is 16.7. The summed E-state index contributed by atoms with van der Waals surface area (Å²) in [6, 6.07) is 57.3. The number of amides is 2. The molecule has 7 aromatic carbocycles. The van der Waals surface area contributed by atoms with Crippen LogP contribution >= 0.6 is 0 Å². The molecule has 0 bridgehead atoms. The zero-order chi connectivity index (χ0) is 51.2. The van der Waals surface area contributed by atoms with Crippen molar-refractivity contribution in [3.63, 3.8) is 0 Å². The second-order valence-corrected chi connectivity index (χ2v) is 18.9. The third-order valence-corrected chi connectivity index (χ3v) is 13.8. The van der Waals surface area contributed by atoms with Crippen molar-refractivity contribution < 1.29 is 29.4 Å². The van der Waals surface area contributed by atoms with Crippen LogP contribution in [0.25, 0.3) is 0 Å². The number of likely N-dealkylation sites (tertiary alicyclic amines) is 2. The second kappa shape index (κ2) is 24.4. The number of aliphatic carboxylic acids is 2. The van der Waals surface area contributed by atoms with Gasteiger partial charge in [-0.2, -0.15) is 0 Å². The van der Waals surface area contributed by atoms with Crippen LogP contribution in [0.2, 0.25) is 0 Å². The van der Waals surface area contributed by atoms with Crippen LogP contribution in [0, 0.1) is 0 Å². The zero-order valence-corrected chi connectivity index (χ0v) is 41.2. The van der Waals surface area contributed by atoms with Gasteiger partial charge in [-0.1, -0.05) is 182 Å². The van der Waals surface area contributed by atoms with Gasteiger partial charge >= 0.3 is 11.9 Å². The second-order valence-electron chi connectivity index (χ2n) is 18.9. The fraction of sp³-hybridized carbons (Fsp3) is 0.226. The monoisotopic (exact) mass is 984 g/mol. The first-order chi connectivity index (χ1) is 36.2. The standard InChI is InChI=1S/C62H60N6O6/c69-59(55-35-19-37-67(55)41-43-21-5-1-6-22-43)65-51-33-17-15-31-49(51)57(45-25-9-3-10-26-45)63-53(61(71)72)39-47-29-13-14-30-48(47)40-54(62(73)74)64-58(46-27-11-4-12-28-46)50-32-16-18-34-52(50)66-60(70)56-36-20-38-68(56)42-44-23-7-2-8-24-44/h1-18,21-34,53-56H,19-20,35-42H2,(H,65,69)(H,66,70)(H,71,72)(H,73,74)/t53-,54-,55-,56-/m0/s1. The van der Waals surface area contributed by atoms with E-state index in [9.17, 15) is 29.4 Å². The van der Waals surface area contributed by atoms with Crippen molar-refractivity contribution in [3.05, 3.63) is 239 Å². The fourth-order valence-electron chi connectivity index (χ4n) is 10.1. The number of rotatable bonds is 20. The normalized spacial score (nSPS) is 17.1. The Morgan fingerprint density at radius 2 is 0.797 bits per heavy atom. The number of aliphatic imine (C=N–C) groups is 2. The first kappa shape index (κ1) is 50.6. The summed E-state index contributed by atoms with van der Waals surface area (Å²) in [5.74, 6) is -2.63. The molecule has 0 spiro atoms. The van der Waals surface area contributed by atoms with E-state index in [2.05, 4.69) is 44.7 Å². The van der Waals surface area contributed by atoms with E-state index >= 15 is 0 Å². The van der Waals surface area contributed by atoms with Gasteiger partial charge in [0, 0.05) is 48.2 Å². The molecule has 0 unspecified atom stereocenters. The SMILES string of the molecule is O=C(O)[C@H](Cc1ccccc1C[C@H](N=C(c1ccccc1)c1ccccc1NC(=O)[C@@H]1CCCN1Cc1ccccc1)C(=O)O)N=C(c1ccccc1)c1ccccc1NC(=O)[C@@H]1CCCN1Cc1ccccc1. The molecule has 0 aliphatic carbocycles. The van der Waals surface area contributed by atoms with Crippen molar-refractivity contribution in [2.75, 3.05) is 23.7 Å². The molecule has 7 aromatic rings. The average molecular weight is 985 g/mol. The minimum absolute atomic E-state index is 0.0637. The minimum Gasteiger partial charge on any atom is -0.480 e. The maximum absolute atomic E-state index is 14.1. The number of anilines is 2. The fourth-order valence-corrected chi connectivity index (χ4v) is 10.1. The van der Waals surface area contributed by atoms with E-state index in [0.717, 1.165) is 37.1 Å². The van der Waals surface area contributed by atoms with E-state index < -0.39 is 24.0 Å². The van der Waals surface area contributed by atoms with Crippen LogP contribution in [0.3, 0.4) is 0 Å². The Hall–Kier alpha value is -8.32. The smallest absolute Gasteiger partial charge is 0.328 e. The molecule has 9 rings (SSSR count). The number of hydrogen-bond donors (Lipinski definition) is 4. The summed E-state index contributed by atoms with van der Waals surface area (Å²) in [4.78, 5) is 69.4. The molecular formula is C62H60N6O6. The van der Waals surface area contributed by atoms with E-state index in [1.54, 1.807) is 24.3 Å². The molecule has 0 saturated carbocycles. The van der Waals surface area contributed by atoms with E-state index in [0.29, 0.717) is 82.1 Å². The van der Waals surface area contributed by atoms with Crippen molar-refractivity contribution in [2.45, 2.75) is 75.8 Å². The topological polar surface area (TPSA) is 164 Å². The molecule has 2 aliphatic heterocycles. The molecule has 2 heterocycles. The highest BCUT2D eigenvalue weighted by molar-refractivity contribution is 6.19. The molecule has 12 heteroatoms. The molecule has 2 fully saturated rings. The summed E-state index contributed by atoms with van der Waals surface area (Å²) in [6.45, 7) is 2.89. The van der Waals surface area contributed by atoms with E-state index in [4.69, 9.17) is 9.98 Å². The van der Waals surface area contributed by atoms with Crippen LogP contribution in [-0.4, -0.2) is 92.4 Å². The van der Waals surface area contributed by atoms with Crippen LogP contribution in [-0.2, 0) is 45.1 Å². The van der Waals surface area contributed by atoms with Gasteiger partial charge in [0.2, 0.25) is 11.8 Å². The van der Waals surface area contributed by atoms with Crippen molar-refractivity contribution in [3.8, 4) is 0 Å². The van der Waals surface area contributed by atoms with Gasteiger partial charge in [0.25, 0.3) is 0 Å². The summed E-state index contributed by atoms with van der Waals surface area (Å²) in [6.07, 6.45) is 3.08. The van der Waals surface area contributed by atoms with Gasteiger partial charge in [0.1, 0.15) is 0 Å². The molecule has 0 radical (unpaired) electrons. The number of nitrogens with one attached hydrogen (secondary N) is 2. The Morgan fingerprint density at radius 1 is 0.459 bits per heavy atom. The number of nitrogens with zero attached hydrogens (tertiary/aromatic N) is 4. The zero-order valence-electron chi connectivity index (χ0n) is 41.2. The quantitative estimate of drug-likeness (QED) is 0.0549. The molecule has 374 valence electrons. The summed E-state index contributed by atoms with van der Waals surface area (Å²) in [5, 5.41) is 28.2. The summed E-state index contributed by atoms with van der Waals surface area (Å²) in [5.41, 5.74) is 7.73. The van der Waals surface area contributed by atoms with Crippen molar-refractivity contribution in [1.29, 1.82) is 0 Å². The Morgan fingerprint density at radius 3 is 1.18 bits per heavy atom. The van der Waals surface area contributed by atoms with Gasteiger partial charge in [-0.3, -0.25) is 29.4 Å². The predicted molar refractivity (Wildman–Crippen MR) is 291 cm³/mol. The third kappa shape index (κ3) is 12.6. The molecule has 74 heavy (non-hydrogen) atoms. The van der Waals surface area contributed by atoms with Gasteiger partial charge in [0.15, 0.2) is 12.1 Å². The minimum atomic E-state index is -1.31. The van der Waals surface area contributed by atoms with Crippen LogP contribution in [0.15, 0.2) is 204 Å². The summed E-state index contributed by atoms with van der Waals surface area (Å²) >= 11 is 0. The largest absolute Gasteiger partial charge is 0.480 e. The number of benzene rings is 7. The highest BCUT2D eigenvalue weighted by Gasteiger charge is 2.33. The van der Waals surface area contributed by atoms with Gasteiger partial charge in [-0.15, -0.1) is 0 Å². The molecule has 4 N–H and O–H groups in total. The molecular weight excluding hydrogens is 925 g/mol. The number of carbonyl (C=O) groups is 4. The number of para-hydroxylation sites is 2. The molecule has 12 nitrogen and oxygen atoms in total. The molecule has 4 atom stereocenters. The Labute approximate surface area is 432 Å². The van der Waals surface area contributed by atoms with Crippen LogP contribution in [0.1, 0.15) is 70.2 Å². The van der Waals surface area contributed by atoms with Crippen LogP contribution in [0.5, 0.6) is 0 Å². The Bertz CT molecular complexity index is 2900. The highest BCUT2D eigenvalue weighted by Crippen LogP contribution is 2.29. The van der Waals surface area contributed by atoms with E-state index in [-0.39, 0.29) is 36.7 Å². The lowest BCUT2D eigenvalue weighted by molar-refractivity contribution is -0.139. The number of carboxylic acids is 2. The van der Waals surface area contributed by atoms with Crippen molar-refractivity contribution in [1.82, 2.24) is 9.80 Å². The number of carboxylic acid groups (broad SMARTS) is 2. The molecule has 0 aromatic heterocycles. The lowest BCUT2D eigenvalue weighted by atomic mass is 9.94. The number of carbonyl (C=O) groups excluding carboxylic acids is 2.